The van der Waals surface area contributed by atoms with Gasteiger partial charge in [-0.15, -0.1) is 0 Å². The highest BCUT2D eigenvalue weighted by atomic mass is 32.2. The number of nitrogens with one attached hydrogen (secondary N) is 1. The number of hydrogen-bond donors (Lipinski definition) is 1. The first kappa shape index (κ1) is 16.3. The summed E-state index contributed by atoms with van der Waals surface area (Å²) in [5.41, 5.74) is 0. The van der Waals surface area contributed by atoms with E-state index in [2.05, 4.69) is 4.72 Å². The van der Waals surface area contributed by atoms with Crippen molar-refractivity contribution in [2.45, 2.75) is 44.0 Å². The second-order valence-electron chi connectivity index (χ2n) is 5.67. The fourth-order valence-electron chi connectivity index (χ4n) is 2.73. The molecular formula is C14H18F3NO2S. The molecule has 0 aromatic heterocycles. The Morgan fingerprint density at radius 1 is 1.10 bits per heavy atom. The van der Waals surface area contributed by atoms with Crippen LogP contribution in [0.15, 0.2) is 17.0 Å². The van der Waals surface area contributed by atoms with Crippen LogP contribution in [0.4, 0.5) is 13.2 Å². The van der Waals surface area contributed by atoms with E-state index < -0.39 is 32.4 Å². The first-order chi connectivity index (χ1) is 9.74. The van der Waals surface area contributed by atoms with Crippen molar-refractivity contribution >= 4 is 10.0 Å². The summed E-state index contributed by atoms with van der Waals surface area (Å²) in [6, 6.07) is 1.03. The van der Waals surface area contributed by atoms with Crippen LogP contribution < -0.4 is 4.72 Å². The molecule has 1 aromatic carbocycles. The zero-order valence-electron chi connectivity index (χ0n) is 11.9. The zero-order chi connectivity index (χ0) is 15.8. The molecule has 0 amide bonds. The predicted molar refractivity (Wildman–Crippen MR) is 72.6 cm³/mol. The molecule has 3 nitrogen and oxygen atoms in total. The molecule has 0 aliphatic heterocycles. The molecule has 3 atom stereocenters. The minimum Gasteiger partial charge on any atom is -0.208 e. The van der Waals surface area contributed by atoms with E-state index in [0.29, 0.717) is 18.4 Å². The normalized spacial score (nSPS) is 26.8. The standard InChI is InChI=1S/C14H18F3NO2S/c1-8-4-3-5-11(9(8)2)18-21(19,20)12-7-6-10(15)13(16)14(12)17/h6-9,11,18H,3-5H2,1-2H3/t8-,9+,11-/m0/s1. The average Bonchev–Trinajstić information content (AvgIpc) is 2.41. The molecule has 0 heterocycles. The van der Waals surface area contributed by atoms with E-state index in [0.717, 1.165) is 18.9 Å². The topological polar surface area (TPSA) is 46.2 Å². The lowest BCUT2D eigenvalue weighted by molar-refractivity contribution is 0.226. The highest BCUT2D eigenvalue weighted by molar-refractivity contribution is 7.89. The van der Waals surface area contributed by atoms with Crippen LogP contribution in [0.1, 0.15) is 33.1 Å². The van der Waals surface area contributed by atoms with Gasteiger partial charge in [-0.1, -0.05) is 26.7 Å². The average molecular weight is 321 g/mol. The third-order valence-corrected chi connectivity index (χ3v) is 5.81. The summed E-state index contributed by atoms with van der Waals surface area (Å²) in [6.45, 7) is 3.96. The fraction of sp³-hybridized carbons (Fsp3) is 0.571. The highest BCUT2D eigenvalue weighted by Crippen LogP contribution is 2.31. The minimum atomic E-state index is -4.22. The highest BCUT2D eigenvalue weighted by Gasteiger charge is 2.32. The van der Waals surface area contributed by atoms with Crippen LogP contribution in [0.3, 0.4) is 0 Å². The molecule has 2 rings (SSSR count). The molecular weight excluding hydrogens is 303 g/mol. The summed E-state index contributed by atoms with van der Waals surface area (Å²) < 4.78 is 66.6. The van der Waals surface area contributed by atoms with Gasteiger partial charge in [0.05, 0.1) is 0 Å². The van der Waals surface area contributed by atoms with Crippen molar-refractivity contribution in [3.8, 4) is 0 Å². The smallest absolute Gasteiger partial charge is 0.208 e. The summed E-state index contributed by atoms with van der Waals surface area (Å²) in [5.74, 6) is -4.42. The van der Waals surface area contributed by atoms with Gasteiger partial charge in [0, 0.05) is 6.04 Å². The maximum absolute atomic E-state index is 13.7. The number of hydrogen-bond acceptors (Lipinski definition) is 2. The second-order valence-corrected chi connectivity index (χ2v) is 7.35. The summed E-state index contributed by atoms with van der Waals surface area (Å²) >= 11 is 0. The third-order valence-electron chi connectivity index (χ3n) is 4.30. The van der Waals surface area contributed by atoms with Crippen LogP contribution in [0, 0.1) is 29.3 Å². The summed E-state index contributed by atoms with van der Waals surface area (Å²) in [4.78, 5) is -0.855. The molecule has 1 aromatic rings. The minimum absolute atomic E-state index is 0.0990. The fourth-order valence-corrected chi connectivity index (χ4v) is 4.16. The predicted octanol–water partition coefficient (Wildman–Crippen LogP) is 3.21. The molecule has 7 heteroatoms. The SMILES string of the molecule is C[C@H]1[C@@H](NS(=O)(=O)c2ccc(F)c(F)c2F)CCC[C@@H]1C. The summed E-state index contributed by atoms with van der Waals surface area (Å²) in [6.07, 6.45) is 2.54. The molecule has 21 heavy (non-hydrogen) atoms. The Morgan fingerprint density at radius 2 is 1.76 bits per heavy atom. The van der Waals surface area contributed by atoms with E-state index in [4.69, 9.17) is 0 Å². The number of rotatable bonds is 3. The molecule has 0 spiro atoms. The van der Waals surface area contributed by atoms with Crippen molar-refractivity contribution in [2.75, 3.05) is 0 Å². The molecule has 0 radical (unpaired) electrons. The van der Waals surface area contributed by atoms with Gasteiger partial charge < -0.3 is 0 Å². The largest absolute Gasteiger partial charge is 0.243 e. The van der Waals surface area contributed by atoms with E-state index in [-0.39, 0.29) is 12.0 Å². The van der Waals surface area contributed by atoms with E-state index >= 15 is 0 Å². The lowest BCUT2D eigenvalue weighted by Crippen LogP contribution is -2.43. The quantitative estimate of drug-likeness (QED) is 0.869. The summed E-state index contributed by atoms with van der Waals surface area (Å²) in [5, 5.41) is 0. The Labute approximate surface area is 122 Å². The Balaban J connectivity index is 2.29. The van der Waals surface area contributed by atoms with Crippen LogP contribution in [-0.4, -0.2) is 14.5 Å². The van der Waals surface area contributed by atoms with E-state index in [1.165, 1.54) is 0 Å². The van der Waals surface area contributed by atoms with Gasteiger partial charge in [-0.25, -0.2) is 26.3 Å². The number of sulfonamides is 1. The van der Waals surface area contributed by atoms with Gasteiger partial charge in [-0.2, -0.15) is 0 Å². The lowest BCUT2D eigenvalue weighted by Gasteiger charge is -2.34. The Hall–Kier alpha value is -1.08. The van der Waals surface area contributed by atoms with Crippen LogP contribution >= 0.6 is 0 Å². The molecule has 1 N–H and O–H groups in total. The lowest BCUT2D eigenvalue weighted by atomic mass is 9.78. The van der Waals surface area contributed by atoms with E-state index in [1.807, 2.05) is 13.8 Å². The van der Waals surface area contributed by atoms with Crippen molar-refractivity contribution in [2.24, 2.45) is 11.8 Å². The number of benzene rings is 1. The van der Waals surface area contributed by atoms with Gasteiger partial charge in [0.1, 0.15) is 4.90 Å². The Bertz CT molecular complexity index is 633. The van der Waals surface area contributed by atoms with Crippen molar-refractivity contribution in [3.63, 3.8) is 0 Å². The van der Waals surface area contributed by atoms with Crippen LogP contribution in [0.25, 0.3) is 0 Å². The first-order valence-electron chi connectivity index (χ1n) is 6.90. The Kier molecular flexibility index (Phi) is 4.63. The van der Waals surface area contributed by atoms with E-state index in [9.17, 15) is 21.6 Å². The zero-order valence-corrected chi connectivity index (χ0v) is 12.7. The van der Waals surface area contributed by atoms with Crippen LogP contribution in [0.5, 0.6) is 0 Å². The molecule has 0 unspecified atom stereocenters. The maximum Gasteiger partial charge on any atom is 0.243 e. The maximum atomic E-state index is 13.7. The first-order valence-corrected chi connectivity index (χ1v) is 8.38. The summed E-state index contributed by atoms with van der Waals surface area (Å²) in [7, 11) is -4.22. The van der Waals surface area contributed by atoms with Crippen LogP contribution in [0.2, 0.25) is 0 Å². The molecule has 118 valence electrons. The van der Waals surface area contributed by atoms with E-state index in [1.54, 1.807) is 0 Å². The van der Waals surface area contributed by atoms with Crippen molar-refractivity contribution in [1.29, 1.82) is 0 Å². The van der Waals surface area contributed by atoms with Crippen molar-refractivity contribution in [1.82, 2.24) is 4.72 Å². The second kappa shape index (κ2) is 5.96. The number of halogens is 3. The van der Waals surface area contributed by atoms with Crippen LogP contribution in [-0.2, 0) is 10.0 Å². The van der Waals surface area contributed by atoms with Gasteiger partial charge in [0.15, 0.2) is 17.5 Å². The molecule has 1 aliphatic rings. The Morgan fingerprint density at radius 3 is 2.43 bits per heavy atom. The third kappa shape index (κ3) is 3.23. The molecule has 1 aliphatic carbocycles. The van der Waals surface area contributed by atoms with Gasteiger partial charge >= 0.3 is 0 Å². The molecule has 0 saturated heterocycles. The van der Waals surface area contributed by atoms with Gasteiger partial charge in [0.25, 0.3) is 0 Å². The van der Waals surface area contributed by atoms with Gasteiger partial charge in [-0.3, -0.25) is 0 Å². The monoisotopic (exact) mass is 321 g/mol. The van der Waals surface area contributed by atoms with Gasteiger partial charge in [0.2, 0.25) is 10.0 Å². The van der Waals surface area contributed by atoms with Crippen molar-refractivity contribution < 1.29 is 21.6 Å². The molecule has 0 bridgehead atoms. The molecule has 1 saturated carbocycles. The van der Waals surface area contributed by atoms with Crippen molar-refractivity contribution in [3.05, 3.63) is 29.6 Å². The van der Waals surface area contributed by atoms with Gasteiger partial charge in [-0.05, 0) is 30.4 Å². The molecule has 1 fully saturated rings.